The van der Waals surface area contributed by atoms with Gasteiger partial charge in [-0.15, -0.1) is 5.10 Å². The smallest absolute Gasteiger partial charge is 0.269 e. The van der Waals surface area contributed by atoms with Gasteiger partial charge in [-0.25, -0.2) is 4.68 Å². The highest BCUT2D eigenvalue weighted by Gasteiger charge is 2.18. The lowest BCUT2D eigenvalue weighted by Crippen LogP contribution is -2.10. The Labute approximate surface area is 70.3 Å². The summed E-state index contributed by atoms with van der Waals surface area (Å²) in [4.78, 5) is 0. The third-order valence-electron chi connectivity index (χ3n) is 1.36. The predicted octanol–water partition coefficient (Wildman–Crippen LogP) is -0.367. The number of aryl methyl sites for hydroxylation is 1. The SMILES string of the molecule is CCn1nncc1S(=O)(=O)OC. The van der Waals surface area contributed by atoms with Crippen LogP contribution < -0.4 is 0 Å². The molecule has 1 aromatic rings. The molecule has 0 fully saturated rings. The van der Waals surface area contributed by atoms with Gasteiger partial charge in [0.25, 0.3) is 0 Å². The van der Waals surface area contributed by atoms with E-state index in [2.05, 4.69) is 14.5 Å². The Hall–Kier alpha value is -0.950. The van der Waals surface area contributed by atoms with Gasteiger partial charge >= 0.3 is 10.1 Å². The first-order chi connectivity index (χ1) is 5.61. The molecule has 1 heterocycles. The molecule has 0 saturated heterocycles. The normalized spacial score (nSPS) is 11.8. The predicted molar refractivity (Wildman–Crippen MR) is 39.9 cm³/mol. The van der Waals surface area contributed by atoms with Crippen molar-refractivity contribution in [3.63, 3.8) is 0 Å². The van der Waals surface area contributed by atoms with Gasteiger partial charge in [0.05, 0.1) is 13.3 Å². The van der Waals surface area contributed by atoms with E-state index in [0.29, 0.717) is 6.54 Å². The van der Waals surface area contributed by atoms with Crippen LogP contribution in [0.1, 0.15) is 6.92 Å². The van der Waals surface area contributed by atoms with Crippen LogP contribution in [-0.4, -0.2) is 30.5 Å². The maximum atomic E-state index is 11.1. The second kappa shape index (κ2) is 3.20. The number of rotatable bonds is 3. The molecule has 0 unspecified atom stereocenters. The monoisotopic (exact) mass is 191 g/mol. The molecule has 0 aliphatic carbocycles. The van der Waals surface area contributed by atoms with E-state index in [-0.39, 0.29) is 5.03 Å². The van der Waals surface area contributed by atoms with E-state index in [1.54, 1.807) is 6.92 Å². The van der Waals surface area contributed by atoms with Crippen LogP contribution in [0.5, 0.6) is 0 Å². The number of hydrogen-bond acceptors (Lipinski definition) is 5. The molecule has 68 valence electrons. The fourth-order valence-electron chi connectivity index (χ4n) is 0.746. The molecule has 0 aromatic carbocycles. The molecular weight excluding hydrogens is 182 g/mol. The van der Waals surface area contributed by atoms with E-state index >= 15 is 0 Å². The van der Waals surface area contributed by atoms with Gasteiger partial charge in [-0.2, -0.15) is 8.42 Å². The summed E-state index contributed by atoms with van der Waals surface area (Å²) in [6.45, 7) is 2.21. The van der Waals surface area contributed by atoms with Crippen molar-refractivity contribution in [2.24, 2.45) is 0 Å². The van der Waals surface area contributed by atoms with Crippen LogP contribution in [0.3, 0.4) is 0 Å². The third kappa shape index (κ3) is 1.46. The van der Waals surface area contributed by atoms with Gasteiger partial charge < -0.3 is 0 Å². The largest absolute Gasteiger partial charge is 0.315 e. The molecule has 0 aliphatic rings. The summed E-state index contributed by atoms with van der Waals surface area (Å²) in [5, 5.41) is 7.00. The molecule has 1 aromatic heterocycles. The van der Waals surface area contributed by atoms with Crippen LogP contribution in [-0.2, 0) is 20.8 Å². The maximum absolute atomic E-state index is 11.1. The first kappa shape index (κ1) is 9.14. The van der Waals surface area contributed by atoms with Crippen molar-refractivity contribution < 1.29 is 12.6 Å². The molecule has 7 heteroatoms. The summed E-state index contributed by atoms with van der Waals surface area (Å²) in [7, 11) is -2.56. The molecule has 1 rings (SSSR count). The van der Waals surface area contributed by atoms with Gasteiger partial charge in [0, 0.05) is 6.54 Å². The van der Waals surface area contributed by atoms with Crippen LogP contribution in [0, 0.1) is 0 Å². The summed E-state index contributed by atoms with van der Waals surface area (Å²) < 4.78 is 27.8. The van der Waals surface area contributed by atoms with Crippen LogP contribution in [0.15, 0.2) is 11.2 Å². The van der Waals surface area contributed by atoms with E-state index in [0.717, 1.165) is 13.3 Å². The van der Waals surface area contributed by atoms with E-state index in [1.807, 2.05) is 0 Å². The lowest BCUT2D eigenvalue weighted by Gasteiger charge is -2.00. The van der Waals surface area contributed by atoms with Crippen molar-refractivity contribution in [1.29, 1.82) is 0 Å². The van der Waals surface area contributed by atoms with Gasteiger partial charge in [0.2, 0.25) is 5.03 Å². The Kier molecular flexibility index (Phi) is 2.43. The molecule has 0 aliphatic heterocycles. The zero-order chi connectivity index (χ0) is 9.19. The molecule has 0 N–H and O–H groups in total. The van der Waals surface area contributed by atoms with E-state index in [1.165, 1.54) is 4.68 Å². The third-order valence-corrected chi connectivity index (χ3v) is 2.62. The molecule has 0 amide bonds. The van der Waals surface area contributed by atoms with Gasteiger partial charge in [0.1, 0.15) is 0 Å². The maximum Gasteiger partial charge on any atom is 0.315 e. The van der Waals surface area contributed by atoms with Crippen LogP contribution in [0.25, 0.3) is 0 Å². The molecule has 0 radical (unpaired) electrons. The fourth-order valence-corrected chi connectivity index (χ4v) is 1.52. The first-order valence-corrected chi connectivity index (χ1v) is 4.71. The average molecular weight is 191 g/mol. The molecule has 0 atom stereocenters. The summed E-state index contributed by atoms with van der Waals surface area (Å²) in [5.41, 5.74) is 0. The van der Waals surface area contributed by atoms with Crippen molar-refractivity contribution in [1.82, 2.24) is 15.0 Å². The quantitative estimate of drug-likeness (QED) is 0.609. The summed E-state index contributed by atoms with van der Waals surface area (Å²) >= 11 is 0. The highest BCUT2D eigenvalue weighted by Crippen LogP contribution is 2.08. The van der Waals surface area contributed by atoms with E-state index < -0.39 is 10.1 Å². The highest BCUT2D eigenvalue weighted by molar-refractivity contribution is 7.86. The van der Waals surface area contributed by atoms with Gasteiger partial charge in [-0.1, -0.05) is 5.21 Å². The highest BCUT2D eigenvalue weighted by atomic mass is 32.2. The summed E-state index contributed by atoms with van der Waals surface area (Å²) in [6.07, 6.45) is 1.16. The van der Waals surface area contributed by atoms with Crippen LogP contribution >= 0.6 is 0 Å². The zero-order valence-corrected chi connectivity index (χ0v) is 7.58. The Bertz CT molecular complexity index is 356. The van der Waals surface area contributed by atoms with Gasteiger partial charge in [-0.05, 0) is 6.92 Å². The zero-order valence-electron chi connectivity index (χ0n) is 6.76. The van der Waals surface area contributed by atoms with Crippen LogP contribution in [0.2, 0.25) is 0 Å². The molecule has 6 nitrogen and oxygen atoms in total. The lowest BCUT2D eigenvalue weighted by atomic mass is 10.7. The lowest BCUT2D eigenvalue weighted by molar-refractivity contribution is 0.387. The van der Waals surface area contributed by atoms with Crippen molar-refractivity contribution in [2.75, 3.05) is 7.11 Å². The fraction of sp³-hybridized carbons (Fsp3) is 0.600. The van der Waals surface area contributed by atoms with Crippen molar-refractivity contribution >= 4 is 10.1 Å². The minimum Gasteiger partial charge on any atom is -0.269 e. The second-order valence-corrected chi connectivity index (χ2v) is 3.67. The first-order valence-electron chi connectivity index (χ1n) is 3.31. The Balaban J connectivity index is 3.19. The van der Waals surface area contributed by atoms with Crippen molar-refractivity contribution in [3.8, 4) is 0 Å². The number of aromatic nitrogens is 3. The molecule has 0 spiro atoms. The van der Waals surface area contributed by atoms with Gasteiger partial charge in [0.15, 0.2) is 0 Å². The summed E-state index contributed by atoms with van der Waals surface area (Å²) in [6, 6.07) is 0. The summed E-state index contributed by atoms with van der Waals surface area (Å²) in [5.74, 6) is 0. The Morgan fingerprint density at radius 2 is 2.33 bits per heavy atom. The second-order valence-electron chi connectivity index (χ2n) is 2.01. The minimum absolute atomic E-state index is 0.0208. The molecule has 12 heavy (non-hydrogen) atoms. The van der Waals surface area contributed by atoms with Crippen molar-refractivity contribution in [2.45, 2.75) is 18.5 Å². The number of hydrogen-bond donors (Lipinski definition) is 0. The van der Waals surface area contributed by atoms with E-state index in [9.17, 15) is 8.42 Å². The molecular formula is C5H9N3O3S. The van der Waals surface area contributed by atoms with Crippen LogP contribution in [0.4, 0.5) is 0 Å². The standard InChI is InChI=1S/C5H9N3O3S/c1-3-8-5(4-6-7-8)12(9,10)11-2/h4H,3H2,1-2H3. The van der Waals surface area contributed by atoms with Gasteiger partial charge in [-0.3, -0.25) is 4.18 Å². The van der Waals surface area contributed by atoms with Crippen molar-refractivity contribution in [3.05, 3.63) is 6.20 Å². The topological polar surface area (TPSA) is 74.1 Å². The Morgan fingerprint density at radius 1 is 1.67 bits per heavy atom. The number of nitrogens with zero attached hydrogens (tertiary/aromatic N) is 3. The molecule has 0 bridgehead atoms. The van der Waals surface area contributed by atoms with E-state index in [4.69, 9.17) is 0 Å². The average Bonchev–Trinajstić information content (AvgIpc) is 2.52. The molecule has 0 saturated carbocycles. The Morgan fingerprint density at radius 3 is 2.83 bits per heavy atom. The minimum atomic E-state index is -3.66.